The Labute approximate surface area is 184 Å². The summed E-state index contributed by atoms with van der Waals surface area (Å²) in [5.41, 5.74) is 5.45. The lowest BCUT2D eigenvalue weighted by Crippen LogP contribution is -2.54. The lowest BCUT2D eigenvalue weighted by atomic mass is 9.45. The molecule has 2 aromatic heterocycles. The molecule has 3 aromatic rings. The Hall–Kier alpha value is -1.94. The van der Waals surface area contributed by atoms with Crippen LogP contribution in [-0.4, -0.2) is 25.6 Å². The van der Waals surface area contributed by atoms with E-state index in [1.165, 1.54) is 43.4 Å². The molecular weight excluding hydrogens is 382 g/mol. The van der Waals surface area contributed by atoms with Gasteiger partial charge in [0.15, 0.2) is 0 Å². The third-order valence-corrected chi connectivity index (χ3v) is 10.5. The first-order valence-electron chi connectivity index (χ1n) is 12.4. The van der Waals surface area contributed by atoms with E-state index in [1.54, 1.807) is 0 Å². The molecule has 4 aliphatic rings. The highest BCUT2D eigenvalue weighted by Crippen LogP contribution is 2.65. The number of hydrogen-bond acceptors (Lipinski definition) is 3. The number of para-hydroxylation sites is 2. The van der Waals surface area contributed by atoms with Gasteiger partial charge in [0.1, 0.15) is 0 Å². The van der Waals surface area contributed by atoms with Crippen LogP contribution in [0.5, 0.6) is 0 Å². The van der Waals surface area contributed by atoms with Gasteiger partial charge in [0.2, 0.25) is 5.78 Å². The van der Waals surface area contributed by atoms with Gasteiger partial charge < -0.3 is 5.11 Å². The van der Waals surface area contributed by atoms with E-state index < -0.39 is 0 Å². The van der Waals surface area contributed by atoms with Crippen molar-refractivity contribution in [2.24, 2.45) is 34.5 Å². The van der Waals surface area contributed by atoms with Gasteiger partial charge in [-0.3, -0.25) is 4.40 Å². The van der Waals surface area contributed by atoms with Crippen molar-refractivity contribution in [3.63, 3.8) is 0 Å². The van der Waals surface area contributed by atoms with Crippen LogP contribution in [0.1, 0.15) is 63.6 Å². The minimum absolute atomic E-state index is 0.0805. The maximum absolute atomic E-state index is 10.8. The molecule has 2 heterocycles. The molecular formula is C27H33N3O. The smallest absolute Gasteiger partial charge is 0.235 e. The van der Waals surface area contributed by atoms with Gasteiger partial charge in [-0.15, -0.1) is 0 Å². The molecule has 0 saturated heterocycles. The van der Waals surface area contributed by atoms with Gasteiger partial charge >= 0.3 is 0 Å². The van der Waals surface area contributed by atoms with Crippen LogP contribution in [-0.2, 0) is 12.8 Å². The van der Waals surface area contributed by atoms with Crippen LogP contribution < -0.4 is 0 Å². The second-order valence-corrected chi connectivity index (χ2v) is 11.7. The van der Waals surface area contributed by atoms with E-state index in [4.69, 9.17) is 9.97 Å². The summed E-state index contributed by atoms with van der Waals surface area (Å²) in [4.78, 5) is 9.86. The van der Waals surface area contributed by atoms with Crippen molar-refractivity contribution >= 4 is 16.8 Å². The molecule has 3 saturated carbocycles. The average Bonchev–Trinajstić information content (AvgIpc) is 3.27. The number of aliphatic hydroxyl groups excluding tert-OH is 1. The predicted octanol–water partition coefficient (Wildman–Crippen LogP) is 5.20. The standard InChI is InChI=1S/C27H33N3O/c1-26-12-11-20-18(19(26)9-10-24(26)31)8-7-17-13-22-16(14-27(17,20)2)15-30-23-6-4-3-5-21(23)28-25(30)29-22/h3-6,15,17-20,24,31H,7-14H2,1-2H3/t17-,18+,19+,20+,24+,26+,27+/m1/s1. The fourth-order valence-electron chi connectivity index (χ4n) is 8.75. The number of aromatic nitrogens is 3. The summed E-state index contributed by atoms with van der Waals surface area (Å²) in [6, 6.07) is 8.39. The Morgan fingerprint density at radius 1 is 0.968 bits per heavy atom. The van der Waals surface area contributed by atoms with E-state index >= 15 is 0 Å². The number of hydrogen-bond donors (Lipinski definition) is 1. The molecule has 31 heavy (non-hydrogen) atoms. The van der Waals surface area contributed by atoms with Crippen LogP contribution in [0.2, 0.25) is 0 Å². The van der Waals surface area contributed by atoms with Crippen LogP contribution in [0.15, 0.2) is 30.5 Å². The lowest BCUT2D eigenvalue weighted by molar-refractivity contribution is -0.111. The van der Waals surface area contributed by atoms with Crippen LogP contribution in [0.4, 0.5) is 0 Å². The molecule has 0 amide bonds. The lowest BCUT2D eigenvalue weighted by Gasteiger charge is -2.60. The molecule has 4 nitrogen and oxygen atoms in total. The van der Waals surface area contributed by atoms with Crippen molar-refractivity contribution < 1.29 is 5.11 Å². The van der Waals surface area contributed by atoms with E-state index in [0.29, 0.717) is 5.41 Å². The third-order valence-electron chi connectivity index (χ3n) is 10.5. The molecule has 7 atom stereocenters. The number of imidazole rings is 1. The fourth-order valence-corrected chi connectivity index (χ4v) is 8.75. The molecule has 1 aromatic carbocycles. The minimum atomic E-state index is -0.0805. The Morgan fingerprint density at radius 2 is 1.81 bits per heavy atom. The summed E-state index contributed by atoms with van der Waals surface area (Å²) in [5, 5.41) is 10.8. The molecule has 4 aliphatic carbocycles. The van der Waals surface area contributed by atoms with Gasteiger partial charge in [-0.05, 0) is 104 Å². The summed E-state index contributed by atoms with van der Waals surface area (Å²) < 4.78 is 2.21. The van der Waals surface area contributed by atoms with Gasteiger partial charge in [-0.25, -0.2) is 9.97 Å². The van der Waals surface area contributed by atoms with Crippen LogP contribution >= 0.6 is 0 Å². The molecule has 0 radical (unpaired) electrons. The SMILES string of the molecule is C[C@]12Cc3cn4c(nc3C[C@H]1CC[C@@H]1[C@@H]2CC[C@]2(C)[C@@H](O)CC[C@@H]12)nc1ccccc14. The van der Waals surface area contributed by atoms with Crippen molar-refractivity contribution in [3.05, 3.63) is 41.7 Å². The van der Waals surface area contributed by atoms with E-state index in [0.717, 1.165) is 59.7 Å². The van der Waals surface area contributed by atoms with Gasteiger partial charge in [-0.2, -0.15) is 0 Å². The summed E-state index contributed by atoms with van der Waals surface area (Å²) in [7, 11) is 0. The highest BCUT2D eigenvalue weighted by Gasteiger charge is 2.60. The second-order valence-electron chi connectivity index (χ2n) is 11.7. The normalized spacial score (nSPS) is 41.6. The molecule has 162 valence electrons. The van der Waals surface area contributed by atoms with Crippen molar-refractivity contribution in [3.8, 4) is 0 Å². The second kappa shape index (κ2) is 6.10. The fraction of sp³-hybridized carbons (Fsp3) is 0.630. The first kappa shape index (κ1) is 18.6. The largest absolute Gasteiger partial charge is 0.393 e. The van der Waals surface area contributed by atoms with E-state index in [9.17, 15) is 5.11 Å². The van der Waals surface area contributed by atoms with Crippen LogP contribution in [0.25, 0.3) is 16.8 Å². The Kier molecular flexibility index (Phi) is 3.66. The van der Waals surface area contributed by atoms with Crippen LogP contribution in [0.3, 0.4) is 0 Å². The Morgan fingerprint density at radius 3 is 2.71 bits per heavy atom. The zero-order chi connectivity index (χ0) is 21.0. The maximum Gasteiger partial charge on any atom is 0.235 e. The molecule has 0 aliphatic heterocycles. The number of fused-ring (bicyclic) bond motifs is 9. The van der Waals surface area contributed by atoms with Crippen LogP contribution in [0, 0.1) is 34.5 Å². The van der Waals surface area contributed by atoms with Gasteiger partial charge in [0.05, 0.1) is 17.1 Å². The molecule has 3 fully saturated rings. The molecule has 4 heteroatoms. The first-order chi connectivity index (χ1) is 15.0. The van der Waals surface area contributed by atoms with Crippen molar-refractivity contribution in [1.82, 2.24) is 14.4 Å². The predicted molar refractivity (Wildman–Crippen MR) is 122 cm³/mol. The Balaban J connectivity index is 1.30. The van der Waals surface area contributed by atoms with Crippen molar-refractivity contribution in [2.75, 3.05) is 0 Å². The third kappa shape index (κ3) is 2.35. The van der Waals surface area contributed by atoms with E-state index in [-0.39, 0.29) is 11.5 Å². The topological polar surface area (TPSA) is 50.4 Å². The highest BCUT2D eigenvalue weighted by molar-refractivity contribution is 5.79. The summed E-state index contributed by atoms with van der Waals surface area (Å²) >= 11 is 0. The molecule has 7 rings (SSSR count). The van der Waals surface area contributed by atoms with Crippen molar-refractivity contribution in [1.29, 1.82) is 0 Å². The van der Waals surface area contributed by atoms with Gasteiger partial charge in [0.25, 0.3) is 0 Å². The van der Waals surface area contributed by atoms with Gasteiger partial charge in [-0.1, -0.05) is 26.0 Å². The van der Waals surface area contributed by atoms with E-state index in [1.807, 2.05) is 0 Å². The zero-order valence-electron chi connectivity index (χ0n) is 18.7. The summed E-state index contributed by atoms with van der Waals surface area (Å²) in [5.74, 6) is 3.89. The first-order valence-corrected chi connectivity index (χ1v) is 12.4. The van der Waals surface area contributed by atoms with E-state index in [2.05, 4.69) is 48.7 Å². The zero-order valence-corrected chi connectivity index (χ0v) is 18.7. The summed E-state index contributed by atoms with van der Waals surface area (Å²) in [6.07, 6.45) is 12.0. The monoisotopic (exact) mass is 415 g/mol. The maximum atomic E-state index is 10.8. The minimum Gasteiger partial charge on any atom is -0.393 e. The molecule has 0 unspecified atom stereocenters. The Bertz CT molecular complexity index is 1200. The quantitative estimate of drug-likeness (QED) is 0.549. The van der Waals surface area contributed by atoms with Gasteiger partial charge in [0, 0.05) is 11.9 Å². The highest BCUT2D eigenvalue weighted by atomic mass is 16.3. The number of nitrogens with zero attached hydrogens (tertiary/aromatic N) is 3. The number of benzene rings is 1. The molecule has 0 spiro atoms. The summed E-state index contributed by atoms with van der Waals surface area (Å²) in [6.45, 7) is 4.99. The average molecular weight is 416 g/mol. The number of aliphatic hydroxyl groups is 1. The number of rotatable bonds is 0. The molecule has 0 bridgehead atoms. The molecule has 1 N–H and O–H groups in total. The van der Waals surface area contributed by atoms with Crippen molar-refractivity contribution in [2.45, 2.75) is 71.3 Å².